The molecule has 0 aromatic carbocycles. The average molecular weight is 164 g/mol. The molecule has 2 nitrogen and oxygen atoms in total. The van der Waals surface area contributed by atoms with Gasteiger partial charge in [-0.05, 0) is 23.5 Å². The molecular weight excluding hydrogens is 148 g/mol. The lowest BCUT2D eigenvalue weighted by Crippen LogP contribution is -2.12. The van der Waals surface area contributed by atoms with Gasteiger partial charge in [0.05, 0.1) is 11.9 Å². The third-order valence-electron chi connectivity index (χ3n) is 1.93. The molecular formula is C10H16N2. The van der Waals surface area contributed by atoms with Crippen LogP contribution in [0.3, 0.4) is 0 Å². The van der Waals surface area contributed by atoms with E-state index in [0.29, 0.717) is 0 Å². The normalized spacial score (nSPS) is 11.7. The van der Waals surface area contributed by atoms with E-state index in [9.17, 15) is 0 Å². The maximum atomic E-state index is 4.02. The molecule has 1 aromatic rings. The maximum Gasteiger partial charge on any atom is 0.0631 e. The van der Waals surface area contributed by atoms with Gasteiger partial charge < -0.3 is 0 Å². The van der Waals surface area contributed by atoms with Gasteiger partial charge in [0.15, 0.2) is 0 Å². The zero-order chi connectivity index (χ0) is 9.19. The van der Waals surface area contributed by atoms with Gasteiger partial charge >= 0.3 is 0 Å². The lowest BCUT2D eigenvalue weighted by Gasteiger charge is -2.18. The molecule has 1 rings (SSSR count). The summed E-state index contributed by atoms with van der Waals surface area (Å²) in [5.41, 5.74) is 2.51. The van der Waals surface area contributed by atoms with Gasteiger partial charge in [0.1, 0.15) is 0 Å². The molecule has 2 heteroatoms. The van der Waals surface area contributed by atoms with E-state index in [1.807, 2.05) is 6.20 Å². The first-order chi connectivity index (χ1) is 5.54. The molecule has 0 amide bonds. The van der Waals surface area contributed by atoms with Crippen LogP contribution in [0.2, 0.25) is 0 Å². The van der Waals surface area contributed by atoms with E-state index in [-0.39, 0.29) is 5.41 Å². The fraction of sp³-hybridized carbons (Fsp3) is 0.600. The number of aryl methyl sites for hydroxylation is 1. The summed E-state index contributed by atoms with van der Waals surface area (Å²) in [6.45, 7) is 8.65. The van der Waals surface area contributed by atoms with Gasteiger partial charge in [-0.1, -0.05) is 27.7 Å². The Morgan fingerprint density at radius 3 is 2.50 bits per heavy atom. The first kappa shape index (κ1) is 9.17. The van der Waals surface area contributed by atoms with Crippen molar-refractivity contribution >= 4 is 0 Å². The van der Waals surface area contributed by atoms with Crippen molar-refractivity contribution in [2.75, 3.05) is 0 Å². The van der Waals surface area contributed by atoms with Gasteiger partial charge in [-0.25, -0.2) is 0 Å². The van der Waals surface area contributed by atoms with Gasteiger partial charge in [-0.3, -0.25) is 0 Å². The van der Waals surface area contributed by atoms with Crippen molar-refractivity contribution in [1.29, 1.82) is 0 Å². The van der Waals surface area contributed by atoms with Crippen LogP contribution in [0, 0.1) is 0 Å². The molecule has 0 aliphatic heterocycles. The Bertz CT molecular complexity index is 261. The Hall–Kier alpha value is -0.920. The number of aromatic nitrogens is 2. The van der Waals surface area contributed by atoms with E-state index in [0.717, 1.165) is 12.1 Å². The highest BCUT2D eigenvalue weighted by atomic mass is 15.1. The molecule has 66 valence electrons. The zero-order valence-electron chi connectivity index (χ0n) is 8.26. The van der Waals surface area contributed by atoms with Gasteiger partial charge in [-0.15, -0.1) is 0 Å². The minimum absolute atomic E-state index is 0.180. The molecule has 0 fully saturated rings. The van der Waals surface area contributed by atoms with Crippen molar-refractivity contribution in [3.8, 4) is 0 Å². The summed E-state index contributed by atoms with van der Waals surface area (Å²) >= 11 is 0. The lowest BCUT2D eigenvalue weighted by atomic mass is 9.88. The predicted molar refractivity (Wildman–Crippen MR) is 50.1 cm³/mol. The van der Waals surface area contributed by atoms with Crippen molar-refractivity contribution in [2.24, 2.45) is 0 Å². The van der Waals surface area contributed by atoms with Crippen LogP contribution in [0.1, 0.15) is 39.0 Å². The van der Waals surface area contributed by atoms with Gasteiger partial charge in [-0.2, -0.15) is 10.2 Å². The zero-order valence-corrected chi connectivity index (χ0v) is 8.26. The highest BCUT2D eigenvalue weighted by molar-refractivity contribution is 5.20. The summed E-state index contributed by atoms with van der Waals surface area (Å²) in [6.07, 6.45) is 2.80. The van der Waals surface area contributed by atoms with E-state index >= 15 is 0 Å². The molecule has 1 aromatic heterocycles. The third kappa shape index (κ3) is 2.03. The van der Waals surface area contributed by atoms with Crippen LogP contribution < -0.4 is 0 Å². The number of rotatable bonds is 1. The predicted octanol–water partition coefficient (Wildman–Crippen LogP) is 2.34. The van der Waals surface area contributed by atoms with Gasteiger partial charge in [0.25, 0.3) is 0 Å². The maximum absolute atomic E-state index is 4.02. The Morgan fingerprint density at radius 1 is 1.33 bits per heavy atom. The lowest BCUT2D eigenvalue weighted by molar-refractivity contribution is 0.582. The minimum Gasteiger partial charge on any atom is -0.159 e. The van der Waals surface area contributed by atoms with Crippen LogP contribution >= 0.6 is 0 Å². The molecule has 0 aliphatic carbocycles. The Kier molecular flexibility index (Phi) is 2.46. The van der Waals surface area contributed by atoms with Gasteiger partial charge in [0.2, 0.25) is 0 Å². The molecule has 1 heterocycles. The molecule has 0 saturated carbocycles. The standard InChI is InChI=1S/C10H16N2/c1-5-9-6-8(7-11-12-9)10(2,3)4/h6-7H,5H2,1-4H3. The Morgan fingerprint density at radius 2 is 2.00 bits per heavy atom. The fourth-order valence-electron chi connectivity index (χ4n) is 0.994. The largest absolute Gasteiger partial charge is 0.159 e. The van der Waals surface area contributed by atoms with Gasteiger partial charge in [0, 0.05) is 0 Å². The summed E-state index contributed by atoms with van der Waals surface area (Å²) in [5, 5.41) is 7.99. The first-order valence-electron chi connectivity index (χ1n) is 4.36. The fourth-order valence-corrected chi connectivity index (χ4v) is 0.994. The number of nitrogens with zero attached hydrogens (tertiary/aromatic N) is 2. The second kappa shape index (κ2) is 3.21. The van der Waals surface area contributed by atoms with Crippen LogP contribution in [0.4, 0.5) is 0 Å². The number of hydrogen-bond acceptors (Lipinski definition) is 2. The molecule has 0 bridgehead atoms. The SMILES string of the molecule is CCc1cc(C(C)(C)C)cnn1. The minimum atomic E-state index is 0.180. The molecule has 0 unspecified atom stereocenters. The highest BCUT2D eigenvalue weighted by Gasteiger charge is 2.14. The van der Waals surface area contributed by atoms with Crippen molar-refractivity contribution in [3.05, 3.63) is 23.5 Å². The number of hydrogen-bond donors (Lipinski definition) is 0. The van der Waals surface area contributed by atoms with E-state index < -0.39 is 0 Å². The molecule has 0 radical (unpaired) electrons. The molecule has 0 N–H and O–H groups in total. The molecule has 0 saturated heterocycles. The van der Waals surface area contributed by atoms with Crippen LogP contribution in [0.15, 0.2) is 12.3 Å². The van der Waals surface area contributed by atoms with Crippen LogP contribution in [0.5, 0.6) is 0 Å². The molecule has 12 heavy (non-hydrogen) atoms. The Labute approximate surface area is 74.0 Å². The summed E-state index contributed by atoms with van der Waals surface area (Å²) in [6, 6.07) is 2.13. The van der Waals surface area contributed by atoms with Crippen LogP contribution in [0.25, 0.3) is 0 Å². The van der Waals surface area contributed by atoms with E-state index in [1.165, 1.54) is 5.56 Å². The first-order valence-corrected chi connectivity index (χ1v) is 4.36. The van der Waals surface area contributed by atoms with Crippen molar-refractivity contribution < 1.29 is 0 Å². The molecule has 0 atom stereocenters. The monoisotopic (exact) mass is 164 g/mol. The van der Waals surface area contributed by atoms with Crippen molar-refractivity contribution in [1.82, 2.24) is 10.2 Å². The van der Waals surface area contributed by atoms with E-state index in [4.69, 9.17) is 0 Å². The van der Waals surface area contributed by atoms with E-state index in [1.54, 1.807) is 0 Å². The van der Waals surface area contributed by atoms with Crippen LogP contribution in [-0.2, 0) is 11.8 Å². The average Bonchev–Trinajstić information content (AvgIpc) is 2.03. The van der Waals surface area contributed by atoms with Crippen LogP contribution in [-0.4, -0.2) is 10.2 Å². The summed E-state index contributed by atoms with van der Waals surface area (Å²) < 4.78 is 0. The van der Waals surface area contributed by atoms with Crippen molar-refractivity contribution in [3.63, 3.8) is 0 Å². The molecule has 0 aliphatic rings. The highest BCUT2D eigenvalue weighted by Crippen LogP contribution is 2.20. The summed E-state index contributed by atoms with van der Waals surface area (Å²) in [4.78, 5) is 0. The smallest absolute Gasteiger partial charge is 0.0631 e. The van der Waals surface area contributed by atoms with Crippen molar-refractivity contribution in [2.45, 2.75) is 39.5 Å². The summed E-state index contributed by atoms with van der Waals surface area (Å²) in [5.74, 6) is 0. The topological polar surface area (TPSA) is 25.8 Å². The quantitative estimate of drug-likeness (QED) is 0.636. The second-order valence-corrected chi connectivity index (χ2v) is 4.04. The van der Waals surface area contributed by atoms with E-state index in [2.05, 4.69) is 44.0 Å². The second-order valence-electron chi connectivity index (χ2n) is 4.04. The third-order valence-corrected chi connectivity index (χ3v) is 1.93. The summed E-state index contributed by atoms with van der Waals surface area (Å²) in [7, 11) is 0. The Balaban J connectivity index is 3.02. The molecule has 0 spiro atoms.